The van der Waals surface area contributed by atoms with E-state index in [4.69, 9.17) is 0 Å². The van der Waals surface area contributed by atoms with Crippen LogP contribution in [0.5, 0.6) is 0 Å². The van der Waals surface area contributed by atoms with Gasteiger partial charge < -0.3 is 4.74 Å². The lowest BCUT2D eigenvalue weighted by Crippen LogP contribution is -2.15. The van der Waals surface area contributed by atoms with Gasteiger partial charge in [0.1, 0.15) is 5.78 Å². The van der Waals surface area contributed by atoms with E-state index in [2.05, 4.69) is 11.7 Å². The predicted molar refractivity (Wildman–Crippen MR) is 89.7 cm³/mol. The van der Waals surface area contributed by atoms with E-state index < -0.39 is 0 Å². The van der Waals surface area contributed by atoms with Gasteiger partial charge in [0.15, 0.2) is 0 Å². The van der Waals surface area contributed by atoms with Gasteiger partial charge in [0, 0.05) is 18.8 Å². The maximum absolute atomic E-state index is 12.1. The summed E-state index contributed by atoms with van der Waals surface area (Å²) in [6.07, 6.45) is 14.2. The predicted octanol–water partition coefficient (Wildman–Crippen LogP) is 5.07. The molecule has 1 saturated carbocycles. The second-order valence-electron chi connectivity index (χ2n) is 6.75. The van der Waals surface area contributed by atoms with Crippen molar-refractivity contribution in [3.05, 3.63) is 0 Å². The zero-order chi connectivity index (χ0) is 16.2. The molecule has 2 atom stereocenters. The lowest BCUT2D eigenvalue weighted by Gasteiger charge is -2.18. The van der Waals surface area contributed by atoms with Crippen molar-refractivity contribution in [2.24, 2.45) is 11.8 Å². The number of methoxy groups -OCH3 is 1. The minimum atomic E-state index is -0.113. The van der Waals surface area contributed by atoms with Crippen LogP contribution in [0.15, 0.2) is 0 Å². The summed E-state index contributed by atoms with van der Waals surface area (Å²) >= 11 is 0. The van der Waals surface area contributed by atoms with Crippen LogP contribution in [0.4, 0.5) is 0 Å². The minimum absolute atomic E-state index is 0.113. The fourth-order valence-electron chi connectivity index (χ4n) is 3.64. The molecule has 1 rings (SSSR count). The molecule has 128 valence electrons. The van der Waals surface area contributed by atoms with Gasteiger partial charge in [-0.2, -0.15) is 0 Å². The molecule has 0 heterocycles. The zero-order valence-electron chi connectivity index (χ0n) is 14.6. The Morgan fingerprint density at radius 2 is 1.73 bits per heavy atom. The van der Waals surface area contributed by atoms with Gasteiger partial charge in [0.05, 0.1) is 7.11 Å². The molecule has 0 aromatic heterocycles. The fourth-order valence-corrected chi connectivity index (χ4v) is 3.64. The third-order valence-corrected chi connectivity index (χ3v) is 5.05. The summed E-state index contributed by atoms with van der Waals surface area (Å²) in [6.45, 7) is 2.24. The Morgan fingerprint density at radius 3 is 2.45 bits per heavy atom. The number of unbranched alkanes of at least 4 members (excludes halogenated alkanes) is 6. The maximum Gasteiger partial charge on any atom is 0.305 e. The highest BCUT2D eigenvalue weighted by atomic mass is 16.5. The highest BCUT2D eigenvalue weighted by Gasteiger charge is 2.33. The summed E-state index contributed by atoms with van der Waals surface area (Å²) in [5.41, 5.74) is 0. The van der Waals surface area contributed by atoms with E-state index in [1.165, 1.54) is 39.2 Å². The van der Waals surface area contributed by atoms with Crippen molar-refractivity contribution < 1.29 is 14.3 Å². The van der Waals surface area contributed by atoms with Gasteiger partial charge in [-0.25, -0.2) is 0 Å². The molecule has 22 heavy (non-hydrogen) atoms. The number of ether oxygens (including phenoxy) is 1. The summed E-state index contributed by atoms with van der Waals surface area (Å²) in [5.74, 6) is 1.38. The van der Waals surface area contributed by atoms with Crippen LogP contribution >= 0.6 is 0 Å². The van der Waals surface area contributed by atoms with Gasteiger partial charge in [-0.1, -0.05) is 51.9 Å². The van der Waals surface area contributed by atoms with Crippen LogP contribution < -0.4 is 0 Å². The maximum atomic E-state index is 12.1. The first-order chi connectivity index (χ1) is 10.7. The fraction of sp³-hybridized carbons (Fsp3) is 0.895. The van der Waals surface area contributed by atoms with Crippen molar-refractivity contribution in [2.45, 2.75) is 90.4 Å². The summed E-state index contributed by atoms with van der Waals surface area (Å²) in [7, 11) is 1.44. The molecule has 0 aromatic rings. The first-order valence-electron chi connectivity index (χ1n) is 9.28. The molecule has 1 aliphatic carbocycles. The van der Waals surface area contributed by atoms with Crippen molar-refractivity contribution in [3.63, 3.8) is 0 Å². The third kappa shape index (κ3) is 7.42. The van der Waals surface area contributed by atoms with Crippen LogP contribution in [0.25, 0.3) is 0 Å². The Labute approximate surface area is 136 Å². The highest BCUT2D eigenvalue weighted by Crippen LogP contribution is 2.36. The summed E-state index contributed by atoms with van der Waals surface area (Å²) < 4.78 is 4.64. The quantitative estimate of drug-likeness (QED) is 0.373. The number of hydrogen-bond acceptors (Lipinski definition) is 3. The molecule has 1 aliphatic rings. The molecule has 1 fully saturated rings. The first kappa shape index (κ1) is 19.2. The number of carbonyl (C=O) groups is 2. The van der Waals surface area contributed by atoms with E-state index >= 15 is 0 Å². The van der Waals surface area contributed by atoms with Crippen LogP contribution in [-0.4, -0.2) is 18.9 Å². The average molecular weight is 310 g/mol. The topological polar surface area (TPSA) is 43.4 Å². The molecule has 0 bridgehead atoms. The van der Waals surface area contributed by atoms with Gasteiger partial charge >= 0.3 is 5.97 Å². The Morgan fingerprint density at radius 1 is 1.05 bits per heavy atom. The van der Waals surface area contributed by atoms with E-state index in [9.17, 15) is 9.59 Å². The zero-order valence-corrected chi connectivity index (χ0v) is 14.6. The summed E-state index contributed by atoms with van der Waals surface area (Å²) in [5, 5.41) is 0. The van der Waals surface area contributed by atoms with Crippen molar-refractivity contribution in [3.8, 4) is 0 Å². The van der Waals surface area contributed by atoms with Crippen LogP contribution in [0, 0.1) is 11.8 Å². The number of ketones is 1. The molecule has 0 N–H and O–H groups in total. The molecule has 0 saturated heterocycles. The first-order valence-corrected chi connectivity index (χ1v) is 9.28. The van der Waals surface area contributed by atoms with Crippen LogP contribution in [0.3, 0.4) is 0 Å². The largest absolute Gasteiger partial charge is 0.469 e. The molecule has 0 unspecified atom stereocenters. The normalized spacial score (nSPS) is 21.3. The molecular weight excluding hydrogens is 276 g/mol. The number of hydrogen-bond donors (Lipinski definition) is 0. The van der Waals surface area contributed by atoms with E-state index in [0.717, 1.165) is 44.9 Å². The number of carbonyl (C=O) groups excluding carboxylic acids is 2. The molecule has 0 spiro atoms. The van der Waals surface area contributed by atoms with Gasteiger partial charge in [0.25, 0.3) is 0 Å². The van der Waals surface area contributed by atoms with Crippen LogP contribution in [0.1, 0.15) is 90.4 Å². The van der Waals surface area contributed by atoms with Crippen LogP contribution in [0.2, 0.25) is 0 Å². The standard InChI is InChI=1S/C19H34O3/c1-3-4-5-8-11-16-14-15-18(20)17(16)12-9-6-7-10-13-19(21)22-2/h16-17H,3-15H2,1-2H3/t16-,17+/m1/s1. The molecule has 0 amide bonds. The Hall–Kier alpha value is -0.860. The Bertz CT molecular complexity index is 325. The van der Waals surface area contributed by atoms with Crippen molar-refractivity contribution in [1.29, 1.82) is 0 Å². The van der Waals surface area contributed by atoms with E-state index in [0.29, 0.717) is 24.0 Å². The smallest absolute Gasteiger partial charge is 0.305 e. The van der Waals surface area contributed by atoms with Gasteiger partial charge in [-0.3, -0.25) is 9.59 Å². The lowest BCUT2D eigenvalue weighted by molar-refractivity contribution is -0.140. The monoisotopic (exact) mass is 310 g/mol. The van der Waals surface area contributed by atoms with Crippen molar-refractivity contribution in [2.75, 3.05) is 7.11 Å². The van der Waals surface area contributed by atoms with Crippen LogP contribution in [-0.2, 0) is 14.3 Å². The molecule has 0 aromatic carbocycles. The molecular formula is C19H34O3. The SMILES string of the molecule is CCCCCC[C@@H]1CCC(=O)[C@H]1CCCCCCC(=O)OC. The second-order valence-corrected chi connectivity index (χ2v) is 6.75. The molecule has 0 aliphatic heterocycles. The van der Waals surface area contributed by atoms with E-state index in [-0.39, 0.29) is 5.97 Å². The van der Waals surface area contributed by atoms with Crippen molar-refractivity contribution in [1.82, 2.24) is 0 Å². The second kappa shape index (κ2) is 11.7. The molecule has 3 nitrogen and oxygen atoms in total. The summed E-state index contributed by atoms with van der Waals surface area (Å²) in [4.78, 5) is 23.1. The van der Waals surface area contributed by atoms with E-state index in [1.54, 1.807) is 0 Å². The number of esters is 1. The summed E-state index contributed by atoms with van der Waals surface area (Å²) in [6, 6.07) is 0. The van der Waals surface area contributed by atoms with Gasteiger partial charge in [0.2, 0.25) is 0 Å². The minimum Gasteiger partial charge on any atom is -0.469 e. The van der Waals surface area contributed by atoms with Gasteiger partial charge in [-0.15, -0.1) is 0 Å². The average Bonchev–Trinajstić information content (AvgIpc) is 2.87. The van der Waals surface area contributed by atoms with E-state index in [1.807, 2.05) is 0 Å². The Balaban J connectivity index is 2.13. The van der Waals surface area contributed by atoms with Crippen molar-refractivity contribution >= 4 is 11.8 Å². The Kier molecular flexibility index (Phi) is 10.2. The van der Waals surface area contributed by atoms with Gasteiger partial charge in [-0.05, 0) is 31.6 Å². The molecule has 0 radical (unpaired) electrons. The molecule has 3 heteroatoms. The number of rotatable bonds is 12. The number of Topliss-reactive ketones (excluding diaryl/α,β-unsaturated/α-hetero) is 1. The highest BCUT2D eigenvalue weighted by molar-refractivity contribution is 5.83. The third-order valence-electron chi connectivity index (χ3n) is 5.05. The lowest BCUT2D eigenvalue weighted by atomic mass is 9.86.